The molecule has 0 aliphatic rings. The van der Waals surface area contributed by atoms with Crippen LogP contribution in [0.4, 0.5) is 4.39 Å². The number of carbonyl (C=O) groups is 1. The lowest BCUT2D eigenvalue weighted by Crippen LogP contribution is -2.31. The van der Waals surface area contributed by atoms with Crippen LogP contribution in [0.5, 0.6) is 5.75 Å². The fourth-order valence-electron chi connectivity index (χ4n) is 2.70. The molecule has 1 amide bonds. The van der Waals surface area contributed by atoms with E-state index in [9.17, 15) is 9.18 Å². The van der Waals surface area contributed by atoms with Crippen LogP contribution in [0.3, 0.4) is 0 Å². The van der Waals surface area contributed by atoms with Crippen LogP contribution < -0.4 is 10.1 Å². The van der Waals surface area contributed by atoms with E-state index in [1.54, 1.807) is 19.2 Å². The SMILES string of the molecule is COc1ccc(CCCCNC(=O)C(C)Cc2ccc(F)cc2)cc1. The van der Waals surface area contributed by atoms with Crippen LogP contribution >= 0.6 is 0 Å². The Hall–Kier alpha value is -2.36. The third-order valence-corrected chi connectivity index (χ3v) is 4.25. The summed E-state index contributed by atoms with van der Waals surface area (Å²) in [5, 5.41) is 2.99. The molecule has 0 fully saturated rings. The number of nitrogens with one attached hydrogen (secondary N) is 1. The molecule has 1 unspecified atom stereocenters. The van der Waals surface area contributed by atoms with E-state index >= 15 is 0 Å². The quantitative estimate of drug-likeness (QED) is 0.695. The van der Waals surface area contributed by atoms with Crippen LogP contribution in [0.1, 0.15) is 30.9 Å². The van der Waals surface area contributed by atoms with E-state index in [1.807, 2.05) is 19.1 Å². The Morgan fingerprint density at radius 1 is 1.04 bits per heavy atom. The zero-order valence-electron chi connectivity index (χ0n) is 14.9. The maximum atomic E-state index is 12.9. The average Bonchev–Trinajstić information content (AvgIpc) is 2.63. The summed E-state index contributed by atoms with van der Waals surface area (Å²) in [7, 11) is 1.66. The minimum atomic E-state index is -0.252. The minimum Gasteiger partial charge on any atom is -0.497 e. The highest BCUT2D eigenvalue weighted by atomic mass is 19.1. The number of benzene rings is 2. The van der Waals surface area contributed by atoms with Crippen LogP contribution in [0.2, 0.25) is 0 Å². The van der Waals surface area contributed by atoms with Crippen molar-refractivity contribution in [2.75, 3.05) is 13.7 Å². The van der Waals surface area contributed by atoms with Crippen LogP contribution in [0.25, 0.3) is 0 Å². The molecule has 0 bridgehead atoms. The minimum absolute atomic E-state index is 0.0498. The number of hydrogen-bond donors (Lipinski definition) is 1. The number of halogens is 1. The van der Waals surface area contributed by atoms with Gasteiger partial charge in [0, 0.05) is 12.5 Å². The van der Waals surface area contributed by atoms with Crippen molar-refractivity contribution in [3.05, 3.63) is 65.5 Å². The van der Waals surface area contributed by atoms with Gasteiger partial charge in [-0.3, -0.25) is 4.79 Å². The first-order valence-electron chi connectivity index (χ1n) is 8.73. The summed E-state index contributed by atoms with van der Waals surface area (Å²) in [4.78, 5) is 12.1. The predicted molar refractivity (Wildman–Crippen MR) is 98.2 cm³/mol. The molecule has 0 spiro atoms. The molecular formula is C21H26FNO2. The van der Waals surface area contributed by atoms with Gasteiger partial charge >= 0.3 is 0 Å². The second kappa shape index (κ2) is 9.82. The lowest BCUT2D eigenvalue weighted by atomic mass is 10.0. The smallest absolute Gasteiger partial charge is 0.223 e. The first-order chi connectivity index (χ1) is 12.1. The van der Waals surface area contributed by atoms with E-state index in [0.29, 0.717) is 13.0 Å². The van der Waals surface area contributed by atoms with Gasteiger partial charge in [-0.2, -0.15) is 0 Å². The summed E-state index contributed by atoms with van der Waals surface area (Å²) < 4.78 is 18.0. The normalized spacial score (nSPS) is 11.8. The number of aryl methyl sites for hydroxylation is 1. The van der Waals surface area contributed by atoms with Crippen LogP contribution in [-0.2, 0) is 17.6 Å². The second-order valence-electron chi connectivity index (χ2n) is 6.33. The number of rotatable bonds is 9. The summed E-state index contributed by atoms with van der Waals surface area (Å²) in [6.07, 6.45) is 3.59. The maximum Gasteiger partial charge on any atom is 0.223 e. The molecule has 0 saturated carbocycles. The maximum absolute atomic E-state index is 12.9. The molecule has 0 heterocycles. The molecule has 0 aliphatic heterocycles. The molecule has 0 radical (unpaired) electrons. The van der Waals surface area contributed by atoms with Gasteiger partial charge < -0.3 is 10.1 Å². The van der Waals surface area contributed by atoms with Gasteiger partial charge in [-0.1, -0.05) is 31.2 Å². The first-order valence-corrected chi connectivity index (χ1v) is 8.73. The van der Waals surface area contributed by atoms with E-state index < -0.39 is 0 Å². The van der Waals surface area contributed by atoms with Gasteiger partial charge in [0.25, 0.3) is 0 Å². The van der Waals surface area contributed by atoms with E-state index in [1.165, 1.54) is 17.7 Å². The Balaban J connectivity index is 1.63. The lowest BCUT2D eigenvalue weighted by Gasteiger charge is -2.12. The summed E-state index contributed by atoms with van der Waals surface area (Å²) in [6.45, 7) is 2.58. The summed E-state index contributed by atoms with van der Waals surface area (Å²) >= 11 is 0. The van der Waals surface area contributed by atoms with Crippen molar-refractivity contribution in [3.63, 3.8) is 0 Å². The van der Waals surface area contributed by atoms with Crippen molar-refractivity contribution in [3.8, 4) is 5.75 Å². The fraction of sp³-hybridized carbons (Fsp3) is 0.381. The molecule has 0 aliphatic carbocycles. The zero-order chi connectivity index (χ0) is 18.1. The topological polar surface area (TPSA) is 38.3 Å². The van der Waals surface area contributed by atoms with Gasteiger partial charge in [0.05, 0.1) is 7.11 Å². The van der Waals surface area contributed by atoms with E-state index in [4.69, 9.17) is 4.74 Å². The van der Waals surface area contributed by atoms with Crippen molar-refractivity contribution in [2.24, 2.45) is 5.92 Å². The molecule has 134 valence electrons. The van der Waals surface area contributed by atoms with Gasteiger partial charge in [0.2, 0.25) is 5.91 Å². The van der Waals surface area contributed by atoms with Crippen LogP contribution in [0.15, 0.2) is 48.5 Å². The molecule has 0 aromatic heterocycles. The van der Waals surface area contributed by atoms with E-state index in [-0.39, 0.29) is 17.6 Å². The summed E-state index contributed by atoms with van der Waals surface area (Å²) in [5.41, 5.74) is 2.25. The number of hydrogen-bond acceptors (Lipinski definition) is 2. The summed E-state index contributed by atoms with van der Waals surface area (Å²) in [5.74, 6) is 0.546. The molecule has 25 heavy (non-hydrogen) atoms. The van der Waals surface area contributed by atoms with Gasteiger partial charge in [-0.15, -0.1) is 0 Å². The standard InChI is InChI=1S/C21H26FNO2/c1-16(15-18-6-10-19(22)11-7-18)21(24)23-14-4-3-5-17-8-12-20(25-2)13-9-17/h6-13,16H,3-5,14-15H2,1-2H3,(H,23,24). The van der Waals surface area contributed by atoms with Gasteiger partial charge in [-0.25, -0.2) is 4.39 Å². The highest BCUT2D eigenvalue weighted by Crippen LogP contribution is 2.13. The third kappa shape index (κ3) is 6.57. The molecule has 2 aromatic carbocycles. The molecule has 3 nitrogen and oxygen atoms in total. The number of carbonyl (C=O) groups excluding carboxylic acids is 1. The number of unbranched alkanes of at least 4 members (excludes halogenated alkanes) is 1. The lowest BCUT2D eigenvalue weighted by molar-refractivity contribution is -0.124. The Kier molecular flexibility index (Phi) is 7.45. The molecular weight excluding hydrogens is 317 g/mol. The Labute approximate surface area is 149 Å². The Morgan fingerprint density at radius 3 is 2.32 bits per heavy atom. The van der Waals surface area contributed by atoms with Gasteiger partial charge in [-0.05, 0) is 61.1 Å². The molecule has 2 rings (SSSR count). The molecule has 1 atom stereocenters. The van der Waals surface area contributed by atoms with E-state index in [0.717, 1.165) is 30.6 Å². The number of methoxy groups -OCH3 is 1. The fourth-order valence-corrected chi connectivity index (χ4v) is 2.70. The van der Waals surface area contributed by atoms with Crippen LogP contribution in [0, 0.1) is 11.7 Å². The Bertz CT molecular complexity index is 653. The van der Waals surface area contributed by atoms with Crippen molar-refractivity contribution in [1.82, 2.24) is 5.32 Å². The first kappa shape index (κ1) is 19.0. The third-order valence-electron chi connectivity index (χ3n) is 4.25. The second-order valence-corrected chi connectivity index (χ2v) is 6.33. The van der Waals surface area contributed by atoms with Crippen molar-refractivity contribution >= 4 is 5.91 Å². The van der Waals surface area contributed by atoms with Gasteiger partial charge in [0.15, 0.2) is 0 Å². The molecule has 4 heteroatoms. The highest BCUT2D eigenvalue weighted by Gasteiger charge is 2.12. The predicted octanol–water partition coefficient (Wildman–Crippen LogP) is 4.15. The van der Waals surface area contributed by atoms with E-state index in [2.05, 4.69) is 17.4 Å². The number of amides is 1. The van der Waals surface area contributed by atoms with Crippen molar-refractivity contribution < 1.29 is 13.9 Å². The molecule has 0 saturated heterocycles. The van der Waals surface area contributed by atoms with Gasteiger partial charge in [0.1, 0.15) is 11.6 Å². The largest absolute Gasteiger partial charge is 0.497 e. The van der Waals surface area contributed by atoms with Crippen LogP contribution in [-0.4, -0.2) is 19.6 Å². The Morgan fingerprint density at radius 2 is 1.68 bits per heavy atom. The van der Waals surface area contributed by atoms with Crippen molar-refractivity contribution in [1.29, 1.82) is 0 Å². The zero-order valence-corrected chi connectivity index (χ0v) is 14.9. The summed E-state index contributed by atoms with van der Waals surface area (Å²) in [6, 6.07) is 14.4. The number of ether oxygens (including phenoxy) is 1. The average molecular weight is 343 g/mol. The highest BCUT2D eigenvalue weighted by molar-refractivity contribution is 5.78. The molecule has 2 aromatic rings. The monoisotopic (exact) mass is 343 g/mol. The van der Waals surface area contributed by atoms with Crippen molar-refractivity contribution in [2.45, 2.75) is 32.6 Å². The molecule has 1 N–H and O–H groups in total.